The third-order valence-electron chi connectivity index (χ3n) is 2.49. The Balaban J connectivity index is 2.21. The van der Waals surface area contributed by atoms with E-state index in [-0.39, 0.29) is 12.5 Å². The molecule has 0 aromatic rings. The lowest BCUT2D eigenvalue weighted by Crippen LogP contribution is -2.48. The predicted octanol–water partition coefficient (Wildman–Crippen LogP) is 2.26. The zero-order chi connectivity index (χ0) is 10.8. The van der Waals surface area contributed by atoms with Crippen molar-refractivity contribution in [3.63, 3.8) is 0 Å². The fraction of sp³-hybridized carbons (Fsp3) is 1.00. The molecule has 0 saturated heterocycles. The van der Waals surface area contributed by atoms with E-state index in [1.54, 1.807) is 0 Å². The molecule has 1 N–H and O–H groups in total. The first-order valence-corrected chi connectivity index (χ1v) is 4.75. The smallest absolute Gasteiger partial charge is 0.389 e. The number of alkyl halides is 3. The average molecular weight is 212 g/mol. The van der Waals surface area contributed by atoms with Crippen molar-refractivity contribution >= 4 is 0 Å². The van der Waals surface area contributed by atoms with Crippen LogP contribution >= 0.6 is 0 Å². The number of halogens is 3. The molecule has 1 rings (SSSR count). The first-order valence-electron chi connectivity index (χ1n) is 4.75. The zero-order valence-corrected chi connectivity index (χ0v) is 8.10. The van der Waals surface area contributed by atoms with Gasteiger partial charge in [0, 0.05) is 25.9 Å². The Morgan fingerprint density at radius 3 is 2.43 bits per heavy atom. The minimum atomic E-state index is -4.17. The molecule has 0 atom stereocenters. The maximum absolute atomic E-state index is 11.8. The van der Waals surface area contributed by atoms with E-state index in [0.29, 0.717) is 19.4 Å². The summed E-state index contributed by atoms with van der Waals surface area (Å²) in [7, 11) is 0. The summed E-state index contributed by atoms with van der Waals surface area (Å²) < 4.78 is 40.7. The lowest BCUT2D eigenvalue weighted by atomic mass is 9.74. The molecule has 0 heterocycles. The van der Waals surface area contributed by atoms with Crippen LogP contribution in [0.25, 0.3) is 0 Å². The summed E-state index contributed by atoms with van der Waals surface area (Å²) in [6.07, 6.45) is -4.69. The Bertz CT molecular complexity index is 185. The van der Waals surface area contributed by atoms with Crippen molar-refractivity contribution in [2.75, 3.05) is 6.61 Å². The Kier molecular flexibility index (Phi) is 3.42. The quantitative estimate of drug-likeness (QED) is 0.774. The van der Waals surface area contributed by atoms with E-state index in [0.717, 1.165) is 0 Å². The molecule has 0 aromatic carbocycles. The van der Waals surface area contributed by atoms with Crippen molar-refractivity contribution in [1.82, 2.24) is 0 Å². The largest absolute Gasteiger partial charge is 0.390 e. The van der Waals surface area contributed by atoms with Gasteiger partial charge in [-0.3, -0.25) is 0 Å². The molecule has 2 nitrogen and oxygen atoms in total. The van der Waals surface area contributed by atoms with E-state index < -0.39 is 18.2 Å². The van der Waals surface area contributed by atoms with Crippen LogP contribution in [0.4, 0.5) is 13.2 Å². The molecule has 0 bridgehead atoms. The van der Waals surface area contributed by atoms with Crippen molar-refractivity contribution in [2.24, 2.45) is 0 Å². The van der Waals surface area contributed by atoms with Crippen LogP contribution in [0, 0.1) is 0 Å². The number of rotatable bonds is 4. The van der Waals surface area contributed by atoms with Gasteiger partial charge in [-0.05, 0) is 13.3 Å². The van der Waals surface area contributed by atoms with Gasteiger partial charge in [0.25, 0.3) is 0 Å². The minimum Gasteiger partial charge on any atom is -0.390 e. The predicted molar refractivity (Wildman–Crippen MR) is 44.9 cm³/mol. The molecule has 5 heteroatoms. The summed E-state index contributed by atoms with van der Waals surface area (Å²) in [5, 5.41) is 9.59. The van der Waals surface area contributed by atoms with Crippen LogP contribution in [0.2, 0.25) is 0 Å². The van der Waals surface area contributed by atoms with Gasteiger partial charge in [-0.1, -0.05) is 0 Å². The maximum Gasteiger partial charge on any atom is 0.389 e. The minimum absolute atomic E-state index is 0.0572. The number of aliphatic hydroxyl groups is 1. The molecule has 1 aliphatic carbocycles. The fourth-order valence-electron chi connectivity index (χ4n) is 1.72. The van der Waals surface area contributed by atoms with Gasteiger partial charge < -0.3 is 9.84 Å². The van der Waals surface area contributed by atoms with E-state index in [4.69, 9.17) is 4.74 Å². The summed E-state index contributed by atoms with van der Waals surface area (Å²) in [6, 6.07) is 0. The Hall–Kier alpha value is -0.290. The summed E-state index contributed by atoms with van der Waals surface area (Å²) in [4.78, 5) is 0. The number of hydrogen-bond donors (Lipinski definition) is 1. The topological polar surface area (TPSA) is 29.5 Å². The molecular formula is C9H15F3O2. The van der Waals surface area contributed by atoms with E-state index in [9.17, 15) is 18.3 Å². The van der Waals surface area contributed by atoms with Crippen LogP contribution in [-0.2, 0) is 4.74 Å². The van der Waals surface area contributed by atoms with Crippen LogP contribution in [-0.4, -0.2) is 29.6 Å². The third-order valence-corrected chi connectivity index (χ3v) is 2.49. The fourth-order valence-corrected chi connectivity index (χ4v) is 1.72. The van der Waals surface area contributed by atoms with Gasteiger partial charge >= 0.3 is 6.18 Å². The molecule has 84 valence electrons. The molecule has 0 radical (unpaired) electrons. The van der Waals surface area contributed by atoms with Crippen molar-refractivity contribution < 1.29 is 23.0 Å². The van der Waals surface area contributed by atoms with Gasteiger partial charge in [-0.25, -0.2) is 0 Å². The van der Waals surface area contributed by atoms with E-state index in [1.165, 1.54) is 0 Å². The highest BCUT2D eigenvalue weighted by Crippen LogP contribution is 2.40. The Morgan fingerprint density at radius 2 is 2.00 bits per heavy atom. The van der Waals surface area contributed by atoms with E-state index >= 15 is 0 Å². The Labute approximate surface area is 81.1 Å². The van der Waals surface area contributed by atoms with Gasteiger partial charge in [0.05, 0.1) is 11.7 Å². The molecule has 0 aromatic heterocycles. The van der Waals surface area contributed by atoms with Crippen molar-refractivity contribution in [2.45, 2.75) is 50.5 Å². The maximum atomic E-state index is 11.8. The first-order chi connectivity index (χ1) is 6.35. The van der Waals surface area contributed by atoms with Crippen LogP contribution in [0.3, 0.4) is 0 Å². The lowest BCUT2D eigenvalue weighted by molar-refractivity contribution is -0.177. The summed E-state index contributed by atoms with van der Waals surface area (Å²) in [5.41, 5.74) is -1.14. The molecular weight excluding hydrogens is 197 g/mol. The summed E-state index contributed by atoms with van der Waals surface area (Å²) in [6.45, 7) is 2.37. The standard InChI is InChI=1S/C9H15F3O2/c1-2-14-7-5-8(13,6-7)3-4-9(10,11)12/h7,13H,2-6H2,1H3. The highest BCUT2D eigenvalue weighted by Gasteiger charge is 2.45. The zero-order valence-electron chi connectivity index (χ0n) is 8.10. The second-order valence-electron chi connectivity index (χ2n) is 3.83. The molecule has 1 fully saturated rings. The number of ether oxygens (including phenoxy) is 1. The molecule has 1 saturated carbocycles. The van der Waals surface area contributed by atoms with Crippen molar-refractivity contribution in [1.29, 1.82) is 0 Å². The highest BCUT2D eigenvalue weighted by atomic mass is 19.4. The molecule has 0 unspecified atom stereocenters. The molecule has 0 aliphatic heterocycles. The van der Waals surface area contributed by atoms with Crippen molar-refractivity contribution in [3.8, 4) is 0 Å². The van der Waals surface area contributed by atoms with Crippen LogP contribution in [0.15, 0.2) is 0 Å². The van der Waals surface area contributed by atoms with Gasteiger partial charge in [0.2, 0.25) is 0 Å². The normalized spacial score (nSPS) is 32.8. The monoisotopic (exact) mass is 212 g/mol. The second-order valence-corrected chi connectivity index (χ2v) is 3.83. The van der Waals surface area contributed by atoms with Crippen LogP contribution in [0.1, 0.15) is 32.6 Å². The van der Waals surface area contributed by atoms with Gasteiger partial charge in [0.1, 0.15) is 0 Å². The first kappa shape index (κ1) is 11.8. The van der Waals surface area contributed by atoms with Crippen molar-refractivity contribution in [3.05, 3.63) is 0 Å². The Morgan fingerprint density at radius 1 is 1.43 bits per heavy atom. The second kappa shape index (κ2) is 4.06. The highest BCUT2D eigenvalue weighted by molar-refractivity contribution is 4.95. The molecule has 0 spiro atoms. The molecule has 0 amide bonds. The SMILES string of the molecule is CCOC1CC(O)(CCC(F)(F)F)C1. The van der Waals surface area contributed by atoms with Gasteiger partial charge in [-0.2, -0.15) is 13.2 Å². The van der Waals surface area contributed by atoms with Crippen LogP contribution in [0.5, 0.6) is 0 Å². The third kappa shape index (κ3) is 3.46. The van der Waals surface area contributed by atoms with Gasteiger partial charge in [0.15, 0.2) is 0 Å². The van der Waals surface area contributed by atoms with E-state index in [1.807, 2.05) is 6.92 Å². The molecule has 1 aliphatic rings. The summed E-state index contributed by atoms with van der Waals surface area (Å²) >= 11 is 0. The summed E-state index contributed by atoms with van der Waals surface area (Å²) in [5.74, 6) is 0. The van der Waals surface area contributed by atoms with Crippen LogP contribution < -0.4 is 0 Å². The molecule has 14 heavy (non-hydrogen) atoms. The lowest BCUT2D eigenvalue weighted by Gasteiger charge is -2.43. The van der Waals surface area contributed by atoms with Gasteiger partial charge in [-0.15, -0.1) is 0 Å². The number of hydrogen-bond acceptors (Lipinski definition) is 2. The van der Waals surface area contributed by atoms with E-state index in [2.05, 4.69) is 0 Å². The average Bonchev–Trinajstić information content (AvgIpc) is 1.97.